The van der Waals surface area contributed by atoms with Crippen molar-refractivity contribution in [3.05, 3.63) is 0 Å². The second-order valence-electron chi connectivity index (χ2n) is 3.90. The first-order valence-corrected chi connectivity index (χ1v) is 4.54. The number of nitrogens with one attached hydrogen (secondary N) is 1. The molecule has 0 unspecified atom stereocenters. The van der Waals surface area contributed by atoms with Crippen LogP contribution in [0.15, 0.2) is 0 Å². The van der Waals surface area contributed by atoms with E-state index in [1.54, 1.807) is 20.8 Å². The molecule has 0 saturated heterocycles. The van der Waals surface area contributed by atoms with Gasteiger partial charge in [0.25, 0.3) is 0 Å². The lowest BCUT2D eigenvalue weighted by Crippen LogP contribution is -2.35. The molecule has 0 aliphatic heterocycles. The first-order valence-electron chi connectivity index (χ1n) is 4.54. The van der Waals surface area contributed by atoms with Gasteiger partial charge in [0.2, 0.25) is 5.91 Å². The van der Waals surface area contributed by atoms with Gasteiger partial charge in [-0.2, -0.15) is 0 Å². The van der Waals surface area contributed by atoms with Crippen molar-refractivity contribution in [3.63, 3.8) is 0 Å². The lowest BCUT2D eigenvalue weighted by atomic mass is 10.2. The highest BCUT2D eigenvalue weighted by molar-refractivity contribution is 5.82. The number of carbonyl (C=O) groups is 2. The summed E-state index contributed by atoms with van der Waals surface area (Å²) in [7, 11) is 0. The van der Waals surface area contributed by atoms with Gasteiger partial charge < -0.3 is 15.8 Å². The quantitative estimate of drug-likeness (QED) is 0.618. The van der Waals surface area contributed by atoms with E-state index >= 15 is 0 Å². The molecule has 5 heteroatoms. The zero-order valence-electron chi connectivity index (χ0n) is 8.92. The summed E-state index contributed by atoms with van der Waals surface area (Å²) in [5.41, 5.74) is 4.64. The van der Waals surface area contributed by atoms with E-state index in [4.69, 9.17) is 10.5 Å². The molecule has 14 heavy (non-hydrogen) atoms. The van der Waals surface area contributed by atoms with Gasteiger partial charge in [0.15, 0.2) is 0 Å². The van der Waals surface area contributed by atoms with Crippen LogP contribution in [0.5, 0.6) is 0 Å². The zero-order chi connectivity index (χ0) is 11.2. The molecule has 1 amide bonds. The summed E-state index contributed by atoms with van der Waals surface area (Å²) >= 11 is 0. The van der Waals surface area contributed by atoms with Crippen LogP contribution < -0.4 is 11.1 Å². The molecule has 0 heterocycles. The van der Waals surface area contributed by atoms with E-state index in [1.807, 2.05) is 0 Å². The van der Waals surface area contributed by atoms with Gasteiger partial charge in [-0.3, -0.25) is 9.59 Å². The Hall–Kier alpha value is -1.10. The van der Waals surface area contributed by atoms with E-state index in [0.29, 0.717) is 0 Å². The number of rotatable bonds is 4. The molecule has 0 aromatic rings. The van der Waals surface area contributed by atoms with Crippen molar-refractivity contribution in [2.45, 2.75) is 32.8 Å². The summed E-state index contributed by atoms with van der Waals surface area (Å²) < 4.78 is 4.98. The summed E-state index contributed by atoms with van der Waals surface area (Å²) in [5, 5.41) is 2.41. The van der Waals surface area contributed by atoms with Crippen LogP contribution in [0, 0.1) is 0 Å². The smallest absolute Gasteiger partial charge is 0.325 e. The van der Waals surface area contributed by atoms with Gasteiger partial charge in [0, 0.05) is 13.0 Å². The Morgan fingerprint density at radius 3 is 2.36 bits per heavy atom. The SMILES string of the molecule is CC(C)(C)OC(=O)CNC(=O)CCN. The van der Waals surface area contributed by atoms with Crippen molar-refractivity contribution < 1.29 is 14.3 Å². The van der Waals surface area contributed by atoms with E-state index in [1.165, 1.54) is 0 Å². The topological polar surface area (TPSA) is 81.4 Å². The Labute approximate surface area is 84.0 Å². The average molecular weight is 202 g/mol. The van der Waals surface area contributed by atoms with Gasteiger partial charge in [0.1, 0.15) is 12.1 Å². The number of esters is 1. The van der Waals surface area contributed by atoms with Gasteiger partial charge in [0.05, 0.1) is 0 Å². The molecule has 0 bridgehead atoms. The highest BCUT2D eigenvalue weighted by Gasteiger charge is 2.16. The van der Waals surface area contributed by atoms with E-state index in [2.05, 4.69) is 5.32 Å². The van der Waals surface area contributed by atoms with E-state index in [-0.39, 0.29) is 25.4 Å². The number of ether oxygens (including phenoxy) is 1. The number of amides is 1. The standard InChI is InChI=1S/C9H18N2O3/c1-9(2,3)14-8(13)6-11-7(12)4-5-10/h4-6,10H2,1-3H3,(H,11,12). The van der Waals surface area contributed by atoms with E-state index < -0.39 is 11.6 Å². The Bertz CT molecular complexity index is 209. The van der Waals surface area contributed by atoms with Crippen molar-refractivity contribution in [2.24, 2.45) is 5.73 Å². The summed E-state index contributed by atoms with van der Waals surface area (Å²) in [5.74, 6) is -0.679. The minimum Gasteiger partial charge on any atom is -0.459 e. The average Bonchev–Trinajstić information content (AvgIpc) is 1.98. The minimum absolute atomic E-state index is 0.101. The predicted molar refractivity (Wildman–Crippen MR) is 52.5 cm³/mol. The second-order valence-corrected chi connectivity index (χ2v) is 3.90. The highest BCUT2D eigenvalue weighted by Crippen LogP contribution is 2.05. The van der Waals surface area contributed by atoms with Crippen LogP contribution in [0.1, 0.15) is 27.2 Å². The molecule has 0 radical (unpaired) electrons. The Morgan fingerprint density at radius 1 is 1.36 bits per heavy atom. The number of hydrogen-bond acceptors (Lipinski definition) is 4. The van der Waals surface area contributed by atoms with Gasteiger partial charge >= 0.3 is 5.97 Å². The fraction of sp³-hybridized carbons (Fsp3) is 0.778. The maximum Gasteiger partial charge on any atom is 0.325 e. The number of nitrogens with two attached hydrogens (primary N) is 1. The predicted octanol–water partition coefficient (Wildman–Crippen LogP) is -0.207. The minimum atomic E-state index is -0.518. The van der Waals surface area contributed by atoms with Crippen LogP contribution in [0.2, 0.25) is 0 Å². The molecule has 5 nitrogen and oxygen atoms in total. The first-order chi connectivity index (χ1) is 6.35. The molecular weight excluding hydrogens is 184 g/mol. The van der Waals surface area contributed by atoms with Crippen molar-refractivity contribution in [3.8, 4) is 0 Å². The highest BCUT2D eigenvalue weighted by atomic mass is 16.6. The third-order valence-corrected chi connectivity index (χ3v) is 1.22. The molecule has 0 aromatic carbocycles. The molecule has 0 aromatic heterocycles. The fourth-order valence-corrected chi connectivity index (χ4v) is 0.768. The van der Waals surface area contributed by atoms with Crippen molar-refractivity contribution >= 4 is 11.9 Å². The molecule has 0 saturated carbocycles. The van der Waals surface area contributed by atoms with E-state index in [9.17, 15) is 9.59 Å². The lowest BCUT2D eigenvalue weighted by Gasteiger charge is -2.19. The Balaban J connectivity index is 3.70. The number of carbonyl (C=O) groups excluding carboxylic acids is 2. The van der Waals surface area contributed by atoms with E-state index in [0.717, 1.165) is 0 Å². The monoisotopic (exact) mass is 202 g/mol. The maximum absolute atomic E-state index is 11.1. The molecule has 82 valence electrons. The Kier molecular flexibility index (Phi) is 5.15. The van der Waals surface area contributed by atoms with Crippen LogP contribution in [0.4, 0.5) is 0 Å². The Morgan fingerprint density at radius 2 is 1.93 bits per heavy atom. The molecule has 0 atom stereocenters. The van der Waals surface area contributed by atoms with Gasteiger partial charge in [-0.1, -0.05) is 0 Å². The summed E-state index contributed by atoms with van der Waals surface area (Å²) in [6, 6.07) is 0. The first kappa shape index (κ1) is 12.9. The third-order valence-electron chi connectivity index (χ3n) is 1.22. The van der Waals surface area contributed by atoms with Crippen molar-refractivity contribution in [1.82, 2.24) is 5.32 Å². The summed E-state index contributed by atoms with van der Waals surface area (Å²) in [4.78, 5) is 22.0. The van der Waals surface area contributed by atoms with Crippen molar-refractivity contribution in [2.75, 3.05) is 13.1 Å². The van der Waals surface area contributed by atoms with Gasteiger partial charge in [-0.05, 0) is 20.8 Å². The lowest BCUT2D eigenvalue weighted by molar-refractivity contribution is -0.154. The molecule has 0 aliphatic carbocycles. The zero-order valence-corrected chi connectivity index (χ0v) is 8.92. The summed E-state index contributed by atoms with van der Waals surface area (Å²) in [6.45, 7) is 5.49. The number of hydrogen-bond donors (Lipinski definition) is 2. The molecule has 0 spiro atoms. The molecule has 0 rings (SSSR count). The van der Waals surface area contributed by atoms with Gasteiger partial charge in [-0.15, -0.1) is 0 Å². The third kappa shape index (κ3) is 7.54. The molecule has 0 aliphatic rings. The molecule has 3 N–H and O–H groups in total. The van der Waals surface area contributed by atoms with Gasteiger partial charge in [-0.25, -0.2) is 0 Å². The maximum atomic E-state index is 11.1. The summed E-state index contributed by atoms with van der Waals surface area (Å²) in [6.07, 6.45) is 0.225. The van der Waals surface area contributed by atoms with Crippen LogP contribution in [0.3, 0.4) is 0 Å². The largest absolute Gasteiger partial charge is 0.459 e. The van der Waals surface area contributed by atoms with Crippen LogP contribution in [-0.2, 0) is 14.3 Å². The fourth-order valence-electron chi connectivity index (χ4n) is 0.768. The van der Waals surface area contributed by atoms with Crippen molar-refractivity contribution in [1.29, 1.82) is 0 Å². The van der Waals surface area contributed by atoms with Crippen LogP contribution in [-0.4, -0.2) is 30.6 Å². The normalized spacial score (nSPS) is 10.9. The second kappa shape index (κ2) is 5.59. The molecule has 0 fully saturated rings. The molecular formula is C9H18N2O3. The van der Waals surface area contributed by atoms with Crippen LogP contribution in [0.25, 0.3) is 0 Å². The van der Waals surface area contributed by atoms with Crippen LogP contribution >= 0.6 is 0 Å².